The van der Waals surface area contributed by atoms with Crippen LogP contribution >= 0.6 is 11.3 Å². The van der Waals surface area contributed by atoms with Crippen LogP contribution in [0.25, 0.3) is 0 Å². The molecule has 0 atom stereocenters. The van der Waals surface area contributed by atoms with Crippen molar-refractivity contribution in [1.29, 1.82) is 0 Å². The van der Waals surface area contributed by atoms with Crippen LogP contribution in [0, 0.1) is 17.0 Å². The molecule has 0 aliphatic heterocycles. The van der Waals surface area contributed by atoms with Gasteiger partial charge in [-0.25, -0.2) is 0 Å². The van der Waals surface area contributed by atoms with Gasteiger partial charge >= 0.3 is 0 Å². The van der Waals surface area contributed by atoms with E-state index in [1.54, 1.807) is 16.2 Å². The number of carbonyl (C=O) groups excluding carboxylic acids is 1. The summed E-state index contributed by atoms with van der Waals surface area (Å²) in [6.07, 6.45) is 1.80. The minimum Gasteiger partial charge on any atom is -0.336 e. The molecule has 2 heterocycles. The minimum atomic E-state index is -0.581. The number of thiophene rings is 1. The van der Waals surface area contributed by atoms with E-state index in [0.29, 0.717) is 19.5 Å². The van der Waals surface area contributed by atoms with E-state index >= 15 is 0 Å². The summed E-state index contributed by atoms with van der Waals surface area (Å²) >= 11 is 1.62. The molecule has 7 nitrogen and oxygen atoms in total. The second-order valence-corrected chi connectivity index (χ2v) is 8.05. The van der Waals surface area contributed by atoms with E-state index in [1.165, 1.54) is 0 Å². The van der Waals surface area contributed by atoms with Gasteiger partial charge in [0.1, 0.15) is 6.54 Å². The first kappa shape index (κ1) is 20.5. The van der Waals surface area contributed by atoms with Gasteiger partial charge in [-0.1, -0.05) is 30.3 Å². The lowest BCUT2D eigenvalue weighted by atomic mass is 10.1. The van der Waals surface area contributed by atoms with E-state index in [-0.39, 0.29) is 18.1 Å². The standard InChI is InChI=1S/C21H21N3O4S/c1-16-7-9-19(29-16)14-22(12-11-17-5-3-2-4-6-17)21(26)15-23-13-18(24(27)28)8-10-20(23)25/h2-10,13H,11-12,14-15H2,1H3. The van der Waals surface area contributed by atoms with Crippen LogP contribution in [-0.2, 0) is 24.3 Å². The lowest BCUT2D eigenvalue weighted by Gasteiger charge is -2.23. The van der Waals surface area contributed by atoms with Crippen LogP contribution in [-0.4, -0.2) is 26.8 Å². The van der Waals surface area contributed by atoms with Crippen LogP contribution in [0.5, 0.6) is 0 Å². The number of hydrogen-bond acceptors (Lipinski definition) is 5. The molecular formula is C21H21N3O4S. The highest BCUT2D eigenvalue weighted by atomic mass is 32.1. The summed E-state index contributed by atoms with van der Waals surface area (Å²) in [5.74, 6) is -0.255. The molecule has 1 amide bonds. The molecule has 0 N–H and O–H groups in total. The summed E-state index contributed by atoms with van der Waals surface area (Å²) in [5, 5.41) is 11.0. The van der Waals surface area contributed by atoms with Crippen molar-refractivity contribution in [2.45, 2.75) is 26.4 Å². The first-order chi connectivity index (χ1) is 13.9. The van der Waals surface area contributed by atoms with Gasteiger partial charge in [-0.2, -0.15) is 0 Å². The monoisotopic (exact) mass is 411 g/mol. The number of aryl methyl sites for hydroxylation is 1. The number of carbonyl (C=O) groups is 1. The SMILES string of the molecule is Cc1ccc(CN(CCc2ccccc2)C(=O)Cn2cc([N+](=O)[O-])ccc2=O)s1. The molecule has 1 aromatic carbocycles. The Morgan fingerprint density at radius 3 is 2.55 bits per heavy atom. The summed E-state index contributed by atoms with van der Waals surface area (Å²) < 4.78 is 1.09. The Bertz CT molecular complexity index is 1060. The maximum atomic E-state index is 13.0. The third-order valence-electron chi connectivity index (χ3n) is 4.49. The predicted molar refractivity (Wildman–Crippen MR) is 112 cm³/mol. The molecule has 3 aromatic rings. The van der Waals surface area contributed by atoms with Crippen molar-refractivity contribution in [2.75, 3.05) is 6.54 Å². The van der Waals surface area contributed by atoms with Gasteiger partial charge < -0.3 is 4.90 Å². The fourth-order valence-electron chi connectivity index (χ4n) is 2.95. The summed E-state index contributed by atoms with van der Waals surface area (Å²) in [7, 11) is 0. The maximum Gasteiger partial charge on any atom is 0.285 e. The zero-order chi connectivity index (χ0) is 20.8. The maximum absolute atomic E-state index is 13.0. The van der Waals surface area contributed by atoms with Gasteiger partial charge in [0.15, 0.2) is 0 Å². The Labute approximate surface area is 172 Å². The lowest BCUT2D eigenvalue weighted by Crippen LogP contribution is -2.37. The molecular weight excluding hydrogens is 390 g/mol. The van der Waals surface area contributed by atoms with Crippen molar-refractivity contribution in [3.63, 3.8) is 0 Å². The molecule has 0 aliphatic carbocycles. The molecule has 0 bridgehead atoms. The third-order valence-corrected chi connectivity index (χ3v) is 5.48. The molecule has 8 heteroatoms. The fraction of sp³-hybridized carbons (Fsp3) is 0.238. The summed E-state index contributed by atoms with van der Waals surface area (Å²) in [5.41, 5.74) is 0.446. The number of hydrogen-bond donors (Lipinski definition) is 0. The highest BCUT2D eigenvalue weighted by molar-refractivity contribution is 7.11. The van der Waals surface area contributed by atoms with Gasteiger partial charge in [0, 0.05) is 28.4 Å². The first-order valence-corrected chi connectivity index (χ1v) is 9.96. The number of benzene rings is 1. The van der Waals surface area contributed by atoms with E-state index in [1.807, 2.05) is 49.4 Å². The molecule has 0 spiro atoms. The van der Waals surface area contributed by atoms with E-state index in [4.69, 9.17) is 0 Å². The van der Waals surface area contributed by atoms with Crippen LogP contribution < -0.4 is 5.56 Å². The van der Waals surface area contributed by atoms with Crippen LogP contribution in [0.3, 0.4) is 0 Å². The Hall–Kier alpha value is -3.26. The van der Waals surface area contributed by atoms with Gasteiger partial charge in [0.25, 0.3) is 11.2 Å². The normalized spacial score (nSPS) is 10.7. The number of rotatable bonds is 8. The quantitative estimate of drug-likeness (QED) is 0.420. The van der Waals surface area contributed by atoms with Crippen molar-refractivity contribution < 1.29 is 9.72 Å². The zero-order valence-electron chi connectivity index (χ0n) is 16.0. The highest BCUT2D eigenvalue weighted by Crippen LogP contribution is 2.18. The van der Waals surface area contributed by atoms with Crippen molar-refractivity contribution in [1.82, 2.24) is 9.47 Å². The van der Waals surface area contributed by atoms with Crippen molar-refractivity contribution in [2.24, 2.45) is 0 Å². The largest absolute Gasteiger partial charge is 0.336 e. The van der Waals surface area contributed by atoms with Gasteiger partial charge in [-0.15, -0.1) is 11.3 Å². The molecule has 0 saturated heterocycles. The smallest absolute Gasteiger partial charge is 0.285 e. The van der Waals surface area contributed by atoms with E-state index in [9.17, 15) is 19.7 Å². The Morgan fingerprint density at radius 1 is 1.14 bits per heavy atom. The van der Waals surface area contributed by atoms with Crippen LogP contribution in [0.1, 0.15) is 15.3 Å². The Kier molecular flexibility index (Phi) is 6.56. The van der Waals surface area contributed by atoms with E-state index < -0.39 is 10.5 Å². The summed E-state index contributed by atoms with van der Waals surface area (Å²) in [6, 6.07) is 16.1. The summed E-state index contributed by atoms with van der Waals surface area (Å²) in [6.45, 7) is 2.70. The minimum absolute atomic E-state index is 0.220. The van der Waals surface area contributed by atoms with Crippen molar-refractivity contribution in [3.8, 4) is 0 Å². The summed E-state index contributed by atoms with van der Waals surface area (Å²) in [4.78, 5) is 39.4. The Balaban J connectivity index is 1.78. The number of amides is 1. The van der Waals surface area contributed by atoms with E-state index in [2.05, 4.69) is 0 Å². The molecule has 0 fully saturated rings. The van der Waals surface area contributed by atoms with Gasteiger partial charge in [-0.05, 0) is 31.0 Å². The first-order valence-electron chi connectivity index (χ1n) is 9.14. The fourth-order valence-corrected chi connectivity index (χ4v) is 3.86. The highest BCUT2D eigenvalue weighted by Gasteiger charge is 2.17. The van der Waals surface area contributed by atoms with Crippen LogP contribution in [0.4, 0.5) is 5.69 Å². The zero-order valence-corrected chi connectivity index (χ0v) is 16.8. The molecule has 0 radical (unpaired) electrons. The van der Waals surface area contributed by atoms with Crippen LogP contribution in [0.15, 0.2) is 65.6 Å². The number of pyridine rings is 1. The molecule has 0 aliphatic rings. The molecule has 150 valence electrons. The average Bonchev–Trinajstić information content (AvgIpc) is 3.12. The molecule has 3 rings (SSSR count). The predicted octanol–water partition coefficient (Wildman–Crippen LogP) is 3.40. The Morgan fingerprint density at radius 2 is 1.90 bits per heavy atom. The van der Waals surface area contributed by atoms with Crippen LogP contribution in [0.2, 0.25) is 0 Å². The molecule has 0 saturated carbocycles. The van der Waals surface area contributed by atoms with E-state index in [0.717, 1.165) is 38.2 Å². The average molecular weight is 411 g/mol. The van der Waals surface area contributed by atoms with Gasteiger partial charge in [-0.3, -0.25) is 24.3 Å². The molecule has 29 heavy (non-hydrogen) atoms. The van der Waals surface area contributed by atoms with Gasteiger partial charge in [0.05, 0.1) is 17.7 Å². The number of nitrogens with zero attached hydrogens (tertiary/aromatic N) is 3. The van der Waals surface area contributed by atoms with Crippen molar-refractivity contribution >= 4 is 22.9 Å². The third kappa shape index (κ3) is 5.61. The lowest BCUT2D eigenvalue weighted by molar-refractivity contribution is -0.385. The second kappa shape index (κ2) is 9.29. The van der Waals surface area contributed by atoms with Crippen molar-refractivity contribution in [3.05, 3.63) is 96.6 Å². The van der Waals surface area contributed by atoms with Gasteiger partial charge in [0.2, 0.25) is 5.91 Å². The second-order valence-electron chi connectivity index (χ2n) is 6.67. The molecule has 2 aromatic heterocycles. The number of aromatic nitrogens is 1. The number of nitro groups is 1. The molecule has 0 unspecified atom stereocenters. The topological polar surface area (TPSA) is 85.4 Å².